The van der Waals surface area contributed by atoms with Gasteiger partial charge in [-0.1, -0.05) is 0 Å². The third-order valence-electron chi connectivity index (χ3n) is 3.30. The second-order valence-corrected chi connectivity index (χ2v) is 4.48. The fraction of sp³-hybridized carbons (Fsp3) is 0.462. The summed E-state index contributed by atoms with van der Waals surface area (Å²) in [6.45, 7) is 3.46. The van der Waals surface area contributed by atoms with Gasteiger partial charge >= 0.3 is 0 Å². The van der Waals surface area contributed by atoms with Crippen molar-refractivity contribution in [1.82, 2.24) is 10.2 Å². The van der Waals surface area contributed by atoms with Gasteiger partial charge in [-0.3, -0.25) is 4.79 Å². The molecule has 104 valence electrons. The molecule has 1 unspecified atom stereocenters. The average Bonchev–Trinajstić information content (AvgIpc) is 2.82. The van der Waals surface area contributed by atoms with E-state index in [2.05, 4.69) is 5.32 Å². The first-order valence-corrected chi connectivity index (χ1v) is 6.20. The van der Waals surface area contributed by atoms with Crippen LogP contribution in [0.25, 0.3) is 0 Å². The summed E-state index contributed by atoms with van der Waals surface area (Å²) in [7, 11) is 0. The van der Waals surface area contributed by atoms with Crippen LogP contribution >= 0.6 is 0 Å². The quantitative estimate of drug-likeness (QED) is 0.912. The Labute approximate surface area is 109 Å². The molecule has 1 fully saturated rings. The molecule has 1 heterocycles. The average molecular weight is 272 g/mol. The summed E-state index contributed by atoms with van der Waals surface area (Å²) in [5, 5.41) is 3.09. The maximum atomic E-state index is 13.6. The molecule has 1 aliphatic rings. The van der Waals surface area contributed by atoms with E-state index in [0.29, 0.717) is 25.2 Å². The van der Waals surface area contributed by atoms with Gasteiger partial charge in [0, 0.05) is 31.3 Å². The third kappa shape index (κ3) is 2.73. The van der Waals surface area contributed by atoms with Crippen molar-refractivity contribution in [2.45, 2.75) is 19.4 Å². The fourth-order valence-corrected chi connectivity index (χ4v) is 2.36. The number of hydrogen-bond donors (Lipinski definition) is 1. The van der Waals surface area contributed by atoms with Crippen LogP contribution in [0.1, 0.15) is 23.7 Å². The van der Waals surface area contributed by atoms with Gasteiger partial charge in [0.1, 0.15) is 23.0 Å². The third-order valence-corrected chi connectivity index (χ3v) is 3.30. The number of amides is 1. The van der Waals surface area contributed by atoms with Gasteiger partial charge in [-0.15, -0.1) is 0 Å². The van der Waals surface area contributed by atoms with Crippen LogP contribution in [0.3, 0.4) is 0 Å². The minimum atomic E-state index is -1.16. The van der Waals surface area contributed by atoms with Crippen LogP contribution in [0.15, 0.2) is 12.1 Å². The normalized spacial score (nSPS) is 18.6. The van der Waals surface area contributed by atoms with E-state index in [1.807, 2.05) is 0 Å². The molecule has 0 saturated carbocycles. The number of carbonyl (C=O) groups excluding carboxylic acids is 1. The van der Waals surface area contributed by atoms with E-state index in [1.165, 1.54) is 4.90 Å². The molecule has 6 heteroatoms. The molecule has 1 N–H and O–H groups in total. The predicted octanol–water partition coefficient (Wildman–Crippen LogP) is 1.93. The first-order chi connectivity index (χ1) is 9.04. The number of nitrogens with zero attached hydrogens (tertiary/aromatic N) is 1. The summed E-state index contributed by atoms with van der Waals surface area (Å²) in [6, 6.07) is 0.968. The van der Waals surface area contributed by atoms with Crippen molar-refractivity contribution in [1.29, 1.82) is 0 Å². The van der Waals surface area contributed by atoms with Crippen molar-refractivity contribution < 1.29 is 18.0 Å². The van der Waals surface area contributed by atoms with Crippen molar-refractivity contribution in [3.63, 3.8) is 0 Å². The summed E-state index contributed by atoms with van der Waals surface area (Å²) in [6.07, 6.45) is 0.740. The first kappa shape index (κ1) is 13.9. The van der Waals surface area contributed by atoms with Gasteiger partial charge in [0.05, 0.1) is 0 Å². The van der Waals surface area contributed by atoms with Gasteiger partial charge in [0.15, 0.2) is 0 Å². The Morgan fingerprint density at radius 1 is 1.37 bits per heavy atom. The van der Waals surface area contributed by atoms with Crippen molar-refractivity contribution in [2.75, 3.05) is 19.6 Å². The summed E-state index contributed by atoms with van der Waals surface area (Å²) >= 11 is 0. The van der Waals surface area contributed by atoms with Gasteiger partial charge in [-0.25, -0.2) is 13.2 Å². The first-order valence-electron chi connectivity index (χ1n) is 6.20. The fourth-order valence-electron chi connectivity index (χ4n) is 2.36. The largest absolute Gasteiger partial charge is 0.334 e. The van der Waals surface area contributed by atoms with Gasteiger partial charge in [-0.05, 0) is 19.9 Å². The van der Waals surface area contributed by atoms with Gasteiger partial charge in [0.2, 0.25) is 0 Å². The SMILES string of the molecule is CCN(C(=O)c1c(F)cc(F)cc1F)C1CCNC1. The predicted molar refractivity (Wildman–Crippen MR) is 64.3 cm³/mol. The number of rotatable bonds is 3. The molecule has 1 atom stereocenters. The van der Waals surface area contributed by atoms with E-state index in [0.717, 1.165) is 13.0 Å². The summed E-state index contributed by atoms with van der Waals surface area (Å²) in [4.78, 5) is 13.6. The molecule has 0 aromatic heterocycles. The molecule has 1 aromatic rings. The Morgan fingerprint density at radius 2 is 2.00 bits per heavy atom. The molecule has 3 nitrogen and oxygen atoms in total. The standard InChI is InChI=1S/C13H15F3N2O/c1-2-18(9-3-4-17-7-9)13(19)12-10(15)5-8(14)6-11(12)16/h5-6,9,17H,2-4,7H2,1H3. The molecular weight excluding hydrogens is 257 g/mol. The van der Waals surface area contributed by atoms with Crippen LogP contribution in [0.5, 0.6) is 0 Å². The van der Waals surface area contributed by atoms with Crippen LogP contribution in [0.2, 0.25) is 0 Å². The zero-order valence-electron chi connectivity index (χ0n) is 10.5. The van der Waals surface area contributed by atoms with Gasteiger partial charge in [0.25, 0.3) is 5.91 Å². The lowest BCUT2D eigenvalue weighted by atomic mass is 10.1. The van der Waals surface area contributed by atoms with Crippen LogP contribution in [-0.4, -0.2) is 36.5 Å². The molecule has 1 saturated heterocycles. The Morgan fingerprint density at radius 3 is 2.47 bits per heavy atom. The van der Waals surface area contributed by atoms with E-state index >= 15 is 0 Å². The van der Waals surface area contributed by atoms with E-state index in [4.69, 9.17) is 0 Å². The molecule has 19 heavy (non-hydrogen) atoms. The Hall–Kier alpha value is -1.56. The van der Waals surface area contributed by atoms with Crippen molar-refractivity contribution in [3.05, 3.63) is 35.1 Å². The molecule has 0 bridgehead atoms. The maximum Gasteiger partial charge on any atom is 0.260 e. The maximum absolute atomic E-state index is 13.6. The molecule has 1 aromatic carbocycles. The molecule has 0 aliphatic carbocycles. The van der Waals surface area contributed by atoms with Crippen molar-refractivity contribution in [2.24, 2.45) is 0 Å². The topological polar surface area (TPSA) is 32.3 Å². The number of nitrogens with one attached hydrogen (secondary N) is 1. The number of halogens is 3. The smallest absolute Gasteiger partial charge is 0.260 e. The number of hydrogen-bond acceptors (Lipinski definition) is 2. The summed E-state index contributed by atoms with van der Waals surface area (Å²) in [5.74, 6) is -4.08. The second kappa shape index (κ2) is 5.61. The summed E-state index contributed by atoms with van der Waals surface area (Å²) < 4.78 is 40.0. The lowest BCUT2D eigenvalue weighted by molar-refractivity contribution is 0.0693. The number of likely N-dealkylation sites (N-methyl/N-ethyl adjacent to an activating group) is 1. The Bertz CT molecular complexity index is 464. The highest BCUT2D eigenvalue weighted by Gasteiger charge is 2.29. The number of carbonyl (C=O) groups is 1. The van der Waals surface area contributed by atoms with Crippen molar-refractivity contribution >= 4 is 5.91 Å². The molecule has 1 aliphatic heterocycles. The molecule has 0 radical (unpaired) electrons. The molecular formula is C13H15F3N2O. The lowest BCUT2D eigenvalue weighted by Crippen LogP contribution is -2.42. The summed E-state index contributed by atoms with van der Waals surface area (Å²) in [5.41, 5.74) is -0.685. The highest BCUT2D eigenvalue weighted by atomic mass is 19.1. The highest BCUT2D eigenvalue weighted by Crippen LogP contribution is 2.19. The van der Waals surface area contributed by atoms with Crippen LogP contribution in [-0.2, 0) is 0 Å². The van der Waals surface area contributed by atoms with Gasteiger partial charge in [-0.2, -0.15) is 0 Å². The molecule has 1 amide bonds. The molecule has 0 spiro atoms. The van der Waals surface area contributed by atoms with E-state index in [9.17, 15) is 18.0 Å². The van der Waals surface area contributed by atoms with Crippen molar-refractivity contribution in [3.8, 4) is 0 Å². The minimum Gasteiger partial charge on any atom is -0.334 e. The van der Waals surface area contributed by atoms with Crippen LogP contribution < -0.4 is 5.32 Å². The van der Waals surface area contributed by atoms with Crippen LogP contribution in [0, 0.1) is 17.5 Å². The monoisotopic (exact) mass is 272 g/mol. The number of benzene rings is 1. The Kier molecular flexibility index (Phi) is 4.09. The van der Waals surface area contributed by atoms with E-state index in [-0.39, 0.29) is 6.04 Å². The zero-order valence-corrected chi connectivity index (χ0v) is 10.5. The molecule has 2 rings (SSSR count). The minimum absolute atomic E-state index is 0.0821. The highest BCUT2D eigenvalue weighted by molar-refractivity contribution is 5.95. The van der Waals surface area contributed by atoms with Gasteiger partial charge < -0.3 is 10.2 Å². The second-order valence-electron chi connectivity index (χ2n) is 4.48. The van der Waals surface area contributed by atoms with Crippen LogP contribution in [0.4, 0.5) is 13.2 Å². The van der Waals surface area contributed by atoms with E-state index in [1.54, 1.807) is 6.92 Å². The zero-order chi connectivity index (χ0) is 14.0. The lowest BCUT2D eigenvalue weighted by Gasteiger charge is -2.27. The van der Waals surface area contributed by atoms with E-state index < -0.39 is 28.9 Å². The Balaban J connectivity index is 2.32.